The number of benzene rings is 1. The summed E-state index contributed by atoms with van der Waals surface area (Å²) in [6.07, 6.45) is 5.72. The third-order valence-electron chi connectivity index (χ3n) is 3.55. The third kappa shape index (κ3) is 2.38. The number of rotatable bonds is 3. The van der Waals surface area contributed by atoms with Gasteiger partial charge in [0.15, 0.2) is 0 Å². The predicted molar refractivity (Wildman–Crippen MR) is 64.5 cm³/mol. The van der Waals surface area contributed by atoms with Crippen molar-refractivity contribution < 1.29 is 9.84 Å². The van der Waals surface area contributed by atoms with Crippen molar-refractivity contribution in [2.75, 3.05) is 7.11 Å². The second-order valence-electron chi connectivity index (χ2n) is 4.58. The molecule has 0 heterocycles. The molecule has 0 amide bonds. The molecule has 0 spiro atoms. The maximum Gasteiger partial charge on any atom is 0.124 e. The zero-order valence-corrected chi connectivity index (χ0v) is 9.86. The molecule has 0 radical (unpaired) electrons. The molecule has 0 saturated heterocycles. The fourth-order valence-electron chi connectivity index (χ4n) is 2.61. The van der Waals surface area contributed by atoms with Gasteiger partial charge in [-0.3, -0.25) is 0 Å². The molecule has 0 unspecified atom stereocenters. The summed E-state index contributed by atoms with van der Waals surface area (Å²) in [5, 5.41) is 10.4. The van der Waals surface area contributed by atoms with Gasteiger partial charge < -0.3 is 9.84 Å². The van der Waals surface area contributed by atoms with Crippen LogP contribution in [0.2, 0.25) is 0 Å². The van der Waals surface area contributed by atoms with Crippen molar-refractivity contribution in [2.45, 2.75) is 38.2 Å². The van der Waals surface area contributed by atoms with Crippen molar-refractivity contribution in [3.05, 3.63) is 29.8 Å². The highest BCUT2D eigenvalue weighted by molar-refractivity contribution is 5.35. The average molecular weight is 220 g/mol. The van der Waals surface area contributed by atoms with Crippen LogP contribution in [-0.4, -0.2) is 12.2 Å². The number of hydrogen-bond acceptors (Lipinski definition) is 2. The van der Waals surface area contributed by atoms with Crippen molar-refractivity contribution in [1.82, 2.24) is 0 Å². The van der Waals surface area contributed by atoms with Gasteiger partial charge in [-0.25, -0.2) is 0 Å². The van der Waals surface area contributed by atoms with Crippen LogP contribution in [0, 0.1) is 5.92 Å². The number of aliphatic hydroxyl groups excluding tert-OH is 1. The van der Waals surface area contributed by atoms with Crippen molar-refractivity contribution in [1.29, 1.82) is 0 Å². The number of aliphatic hydroxyl groups is 1. The van der Waals surface area contributed by atoms with E-state index in [9.17, 15) is 5.11 Å². The van der Waals surface area contributed by atoms with E-state index in [-0.39, 0.29) is 6.10 Å². The van der Waals surface area contributed by atoms with E-state index in [1.54, 1.807) is 7.11 Å². The molecule has 1 N–H and O–H groups in total. The minimum absolute atomic E-state index is 0.364. The molecule has 1 aliphatic carbocycles. The molecule has 16 heavy (non-hydrogen) atoms. The highest BCUT2D eigenvalue weighted by Crippen LogP contribution is 2.37. The first-order valence-corrected chi connectivity index (χ1v) is 6.14. The lowest BCUT2D eigenvalue weighted by atomic mass is 9.82. The largest absolute Gasteiger partial charge is 0.496 e. The monoisotopic (exact) mass is 220 g/mol. The molecule has 1 aliphatic rings. The fourth-order valence-corrected chi connectivity index (χ4v) is 2.61. The van der Waals surface area contributed by atoms with Crippen LogP contribution in [0.5, 0.6) is 5.75 Å². The quantitative estimate of drug-likeness (QED) is 0.846. The maximum absolute atomic E-state index is 10.4. The Labute approximate surface area is 97.3 Å². The second kappa shape index (κ2) is 5.35. The standard InChI is InChI=1S/C14H20O2/c1-16-13-10-6-5-9-12(13)14(15)11-7-3-2-4-8-11/h5-6,9-11,14-15H,2-4,7-8H2,1H3/t14-/m1/s1. The predicted octanol–water partition coefficient (Wildman–Crippen LogP) is 3.31. The Morgan fingerprint density at radius 1 is 1.19 bits per heavy atom. The summed E-state index contributed by atoms with van der Waals surface area (Å²) in [5.74, 6) is 1.21. The highest BCUT2D eigenvalue weighted by atomic mass is 16.5. The van der Waals surface area contributed by atoms with E-state index in [0.717, 1.165) is 24.2 Å². The molecule has 2 nitrogen and oxygen atoms in total. The first kappa shape index (κ1) is 11.5. The van der Waals surface area contributed by atoms with E-state index >= 15 is 0 Å². The summed E-state index contributed by atoms with van der Waals surface area (Å²) in [4.78, 5) is 0. The molecule has 1 fully saturated rings. The Morgan fingerprint density at radius 2 is 1.88 bits per heavy atom. The van der Waals surface area contributed by atoms with Crippen molar-refractivity contribution in [3.8, 4) is 5.75 Å². The van der Waals surface area contributed by atoms with Crippen LogP contribution in [0.1, 0.15) is 43.8 Å². The fraction of sp³-hybridized carbons (Fsp3) is 0.571. The van der Waals surface area contributed by atoms with Crippen LogP contribution in [0.25, 0.3) is 0 Å². The normalized spacial score (nSPS) is 19.4. The van der Waals surface area contributed by atoms with Crippen LogP contribution in [0.4, 0.5) is 0 Å². The molecular formula is C14H20O2. The van der Waals surface area contributed by atoms with Gasteiger partial charge in [-0.15, -0.1) is 0 Å². The molecule has 0 aliphatic heterocycles. The lowest BCUT2D eigenvalue weighted by Crippen LogP contribution is -2.16. The topological polar surface area (TPSA) is 29.5 Å². The summed E-state index contributed by atoms with van der Waals surface area (Å²) < 4.78 is 5.30. The average Bonchev–Trinajstić information content (AvgIpc) is 2.39. The van der Waals surface area contributed by atoms with Gasteiger partial charge in [0.2, 0.25) is 0 Å². The van der Waals surface area contributed by atoms with E-state index in [0.29, 0.717) is 5.92 Å². The zero-order valence-electron chi connectivity index (χ0n) is 9.86. The number of methoxy groups -OCH3 is 1. The molecule has 2 heteroatoms. The molecule has 88 valence electrons. The molecule has 0 bridgehead atoms. The van der Waals surface area contributed by atoms with Gasteiger partial charge in [-0.05, 0) is 24.8 Å². The van der Waals surface area contributed by atoms with Crippen molar-refractivity contribution >= 4 is 0 Å². The third-order valence-corrected chi connectivity index (χ3v) is 3.55. The van der Waals surface area contributed by atoms with Gasteiger partial charge >= 0.3 is 0 Å². The summed E-state index contributed by atoms with van der Waals surface area (Å²) in [6, 6.07) is 7.79. The van der Waals surface area contributed by atoms with Crippen LogP contribution < -0.4 is 4.74 Å². The Bertz CT molecular complexity index is 329. The summed E-state index contributed by atoms with van der Waals surface area (Å²) in [6.45, 7) is 0. The number of hydrogen-bond donors (Lipinski definition) is 1. The van der Waals surface area contributed by atoms with E-state index in [2.05, 4.69) is 0 Å². The number of ether oxygens (including phenoxy) is 1. The first-order valence-electron chi connectivity index (χ1n) is 6.14. The minimum atomic E-state index is -0.364. The minimum Gasteiger partial charge on any atom is -0.496 e. The zero-order chi connectivity index (χ0) is 11.4. The Morgan fingerprint density at radius 3 is 2.56 bits per heavy atom. The van der Waals surface area contributed by atoms with Crippen LogP contribution in [-0.2, 0) is 0 Å². The molecular weight excluding hydrogens is 200 g/mol. The Kier molecular flexibility index (Phi) is 3.83. The first-order chi connectivity index (χ1) is 7.83. The molecule has 0 aromatic heterocycles. The second-order valence-corrected chi connectivity index (χ2v) is 4.58. The van der Waals surface area contributed by atoms with Crippen molar-refractivity contribution in [3.63, 3.8) is 0 Å². The summed E-state index contributed by atoms with van der Waals surface area (Å²) >= 11 is 0. The lowest BCUT2D eigenvalue weighted by molar-refractivity contribution is 0.0825. The summed E-state index contributed by atoms with van der Waals surface area (Å²) in [7, 11) is 1.66. The SMILES string of the molecule is COc1ccccc1[C@H](O)C1CCCCC1. The van der Waals surface area contributed by atoms with Crippen LogP contribution in [0.15, 0.2) is 24.3 Å². The summed E-state index contributed by atoms with van der Waals surface area (Å²) in [5.41, 5.74) is 0.942. The van der Waals surface area contributed by atoms with Gasteiger partial charge in [0, 0.05) is 5.56 Å². The maximum atomic E-state index is 10.4. The Balaban J connectivity index is 2.15. The van der Waals surface area contributed by atoms with Gasteiger partial charge in [-0.2, -0.15) is 0 Å². The number of para-hydroxylation sites is 1. The van der Waals surface area contributed by atoms with E-state index < -0.39 is 0 Å². The molecule has 1 atom stereocenters. The smallest absolute Gasteiger partial charge is 0.124 e. The van der Waals surface area contributed by atoms with E-state index in [1.165, 1.54) is 19.3 Å². The Hall–Kier alpha value is -1.02. The van der Waals surface area contributed by atoms with Gasteiger partial charge in [-0.1, -0.05) is 37.5 Å². The van der Waals surface area contributed by atoms with Gasteiger partial charge in [0.25, 0.3) is 0 Å². The lowest BCUT2D eigenvalue weighted by Gasteiger charge is -2.27. The molecule has 1 aromatic rings. The van der Waals surface area contributed by atoms with E-state index in [1.807, 2.05) is 24.3 Å². The van der Waals surface area contributed by atoms with Gasteiger partial charge in [0.1, 0.15) is 5.75 Å². The highest BCUT2D eigenvalue weighted by Gasteiger charge is 2.24. The van der Waals surface area contributed by atoms with Crippen LogP contribution >= 0.6 is 0 Å². The van der Waals surface area contributed by atoms with Crippen LogP contribution in [0.3, 0.4) is 0 Å². The van der Waals surface area contributed by atoms with E-state index in [4.69, 9.17) is 4.74 Å². The molecule has 2 rings (SSSR count). The molecule has 1 saturated carbocycles. The van der Waals surface area contributed by atoms with Gasteiger partial charge in [0.05, 0.1) is 13.2 Å². The molecule has 1 aromatic carbocycles. The van der Waals surface area contributed by atoms with Crippen molar-refractivity contribution in [2.24, 2.45) is 5.92 Å².